The van der Waals surface area contributed by atoms with Crippen molar-refractivity contribution in [1.29, 1.82) is 0 Å². The van der Waals surface area contributed by atoms with Crippen molar-refractivity contribution in [3.05, 3.63) is 36.6 Å². The first kappa shape index (κ1) is 14.7. The maximum atomic E-state index is 5.73. The van der Waals surface area contributed by atoms with E-state index in [0.717, 1.165) is 37.4 Å². The molecule has 1 aromatic carbocycles. The lowest BCUT2D eigenvalue weighted by Crippen LogP contribution is -2.23. The van der Waals surface area contributed by atoms with Gasteiger partial charge in [0.2, 0.25) is 0 Å². The second kappa shape index (κ2) is 7.80. The summed E-state index contributed by atoms with van der Waals surface area (Å²) in [7, 11) is 4.08. The van der Waals surface area contributed by atoms with Gasteiger partial charge < -0.3 is 19.7 Å². The number of anilines is 1. The lowest BCUT2D eigenvalue weighted by molar-refractivity contribution is 0.135. The van der Waals surface area contributed by atoms with Crippen LogP contribution in [0.4, 0.5) is 5.69 Å². The van der Waals surface area contributed by atoms with Crippen molar-refractivity contribution in [3.8, 4) is 5.75 Å². The first-order valence-electron chi connectivity index (χ1n) is 7.16. The third kappa shape index (κ3) is 5.13. The van der Waals surface area contributed by atoms with Crippen molar-refractivity contribution in [2.45, 2.75) is 18.9 Å². The number of nitrogens with one attached hydrogen (secondary N) is 1. The summed E-state index contributed by atoms with van der Waals surface area (Å²) in [6.45, 7) is 2.44. The Hall–Kier alpha value is -1.68. The van der Waals surface area contributed by atoms with E-state index in [-0.39, 0.29) is 6.10 Å². The zero-order chi connectivity index (χ0) is 14.2. The van der Waals surface area contributed by atoms with E-state index in [1.165, 1.54) is 0 Å². The molecule has 0 amide bonds. The minimum absolute atomic E-state index is 0.262. The van der Waals surface area contributed by atoms with E-state index < -0.39 is 0 Å². The van der Waals surface area contributed by atoms with Crippen molar-refractivity contribution in [1.82, 2.24) is 4.90 Å². The molecule has 0 aromatic heterocycles. The Labute approximate surface area is 121 Å². The van der Waals surface area contributed by atoms with E-state index in [9.17, 15) is 0 Å². The largest absolute Gasteiger partial charge is 0.497 e. The predicted molar refractivity (Wildman–Crippen MR) is 82.2 cm³/mol. The van der Waals surface area contributed by atoms with E-state index >= 15 is 0 Å². The Balaban J connectivity index is 1.78. The van der Waals surface area contributed by atoms with E-state index in [4.69, 9.17) is 9.47 Å². The minimum Gasteiger partial charge on any atom is -0.497 e. The topological polar surface area (TPSA) is 33.7 Å². The fourth-order valence-electron chi connectivity index (χ4n) is 2.01. The molecule has 0 saturated heterocycles. The Morgan fingerprint density at radius 3 is 3.05 bits per heavy atom. The minimum atomic E-state index is 0.262. The maximum absolute atomic E-state index is 5.73. The van der Waals surface area contributed by atoms with Gasteiger partial charge in [0.15, 0.2) is 0 Å². The van der Waals surface area contributed by atoms with Gasteiger partial charge in [0.25, 0.3) is 0 Å². The van der Waals surface area contributed by atoms with Crippen molar-refractivity contribution < 1.29 is 9.47 Å². The molecular weight excluding hydrogens is 252 g/mol. The molecule has 1 N–H and O–H groups in total. The first-order valence-corrected chi connectivity index (χ1v) is 7.16. The standard InChI is InChI=1S/C16H24N2O2/c1-18(2)9-11-20-15-8-5-6-14(12-15)17-13-16-7-3-4-10-19-16/h4-6,8,10,12,16-17H,3,7,9,11,13H2,1-2H3. The molecule has 0 spiro atoms. The molecule has 0 fully saturated rings. The van der Waals surface area contributed by atoms with Crippen LogP contribution in [0.1, 0.15) is 12.8 Å². The van der Waals surface area contributed by atoms with Gasteiger partial charge in [-0.15, -0.1) is 0 Å². The molecule has 1 aromatic rings. The fraction of sp³-hybridized carbons (Fsp3) is 0.500. The summed E-state index contributed by atoms with van der Waals surface area (Å²) in [5.74, 6) is 0.904. The van der Waals surface area contributed by atoms with Gasteiger partial charge in [-0.2, -0.15) is 0 Å². The molecule has 1 unspecified atom stereocenters. The number of nitrogens with zero attached hydrogens (tertiary/aromatic N) is 1. The smallest absolute Gasteiger partial charge is 0.121 e. The van der Waals surface area contributed by atoms with E-state index in [1.807, 2.05) is 32.3 Å². The molecule has 0 aliphatic carbocycles. The maximum Gasteiger partial charge on any atom is 0.121 e. The third-order valence-corrected chi connectivity index (χ3v) is 3.20. The summed E-state index contributed by atoms with van der Waals surface area (Å²) in [6.07, 6.45) is 6.30. The molecule has 0 saturated carbocycles. The molecule has 20 heavy (non-hydrogen) atoms. The van der Waals surface area contributed by atoms with Crippen LogP contribution in [0.15, 0.2) is 36.6 Å². The predicted octanol–water partition coefficient (Wildman–Crippen LogP) is 2.73. The number of rotatable bonds is 7. The highest BCUT2D eigenvalue weighted by Crippen LogP contribution is 2.18. The number of likely N-dealkylation sites (N-methyl/N-ethyl adjacent to an activating group) is 1. The Morgan fingerprint density at radius 2 is 2.30 bits per heavy atom. The Morgan fingerprint density at radius 1 is 1.40 bits per heavy atom. The van der Waals surface area contributed by atoms with Crippen molar-refractivity contribution in [2.75, 3.05) is 39.1 Å². The van der Waals surface area contributed by atoms with Crippen LogP contribution in [-0.2, 0) is 4.74 Å². The van der Waals surface area contributed by atoms with Crippen LogP contribution in [-0.4, -0.2) is 44.8 Å². The summed E-state index contributed by atoms with van der Waals surface area (Å²) < 4.78 is 11.3. The van der Waals surface area contributed by atoms with Gasteiger partial charge in [-0.05, 0) is 45.1 Å². The Kier molecular flexibility index (Phi) is 5.74. The molecule has 110 valence electrons. The molecule has 1 heterocycles. The van der Waals surface area contributed by atoms with Gasteiger partial charge in [0.1, 0.15) is 18.5 Å². The zero-order valence-corrected chi connectivity index (χ0v) is 12.3. The summed E-state index contributed by atoms with van der Waals surface area (Å²) >= 11 is 0. The number of allylic oxidation sites excluding steroid dienone is 1. The van der Waals surface area contributed by atoms with Gasteiger partial charge >= 0.3 is 0 Å². The van der Waals surface area contributed by atoms with E-state index in [2.05, 4.69) is 22.4 Å². The first-order chi connectivity index (χ1) is 9.74. The number of ether oxygens (including phenoxy) is 2. The van der Waals surface area contributed by atoms with Crippen LogP contribution in [0.2, 0.25) is 0 Å². The van der Waals surface area contributed by atoms with Gasteiger partial charge in [-0.1, -0.05) is 6.07 Å². The molecule has 1 aliphatic rings. The van der Waals surface area contributed by atoms with Gasteiger partial charge in [-0.25, -0.2) is 0 Å². The molecular formula is C16H24N2O2. The second-order valence-electron chi connectivity index (χ2n) is 5.27. The highest BCUT2D eigenvalue weighted by Gasteiger charge is 2.10. The lowest BCUT2D eigenvalue weighted by atomic mass is 10.1. The molecule has 0 bridgehead atoms. The lowest BCUT2D eigenvalue weighted by Gasteiger charge is -2.20. The van der Waals surface area contributed by atoms with Crippen LogP contribution in [0.3, 0.4) is 0 Å². The molecule has 1 atom stereocenters. The normalized spacial score (nSPS) is 17.9. The molecule has 0 radical (unpaired) electrons. The summed E-state index contributed by atoms with van der Waals surface area (Å²) in [5, 5.41) is 3.40. The third-order valence-electron chi connectivity index (χ3n) is 3.20. The second-order valence-corrected chi connectivity index (χ2v) is 5.27. The molecule has 4 nitrogen and oxygen atoms in total. The highest BCUT2D eigenvalue weighted by molar-refractivity contribution is 5.48. The summed E-state index contributed by atoms with van der Waals surface area (Å²) in [5.41, 5.74) is 1.07. The number of hydrogen-bond acceptors (Lipinski definition) is 4. The average Bonchev–Trinajstić information content (AvgIpc) is 2.46. The Bertz CT molecular complexity index is 432. The quantitative estimate of drug-likeness (QED) is 0.830. The molecule has 1 aliphatic heterocycles. The van der Waals surface area contributed by atoms with Crippen molar-refractivity contribution in [2.24, 2.45) is 0 Å². The van der Waals surface area contributed by atoms with Crippen molar-refractivity contribution in [3.63, 3.8) is 0 Å². The van der Waals surface area contributed by atoms with Crippen molar-refractivity contribution >= 4 is 5.69 Å². The SMILES string of the molecule is CN(C)CCOc1cccc(NCC2CCC=CO2)c1. The van der Waals surface area contributed by atoms with Gasteiger partial charge in [0, 0.05) is 18.3 Å². The van der Waals surface area contributed by atoms with Crippen LogP contribution in [0.25, 0.3) is 0 Å². The van der Waals surface area contributed by atoms with Gasteiger partial charge in [-0.3, -0.25) is 0 Å². The monoisotopic (exact) mass is 276 g/mol. The van der Waals surface area contributed by atoms with Crippen LogP contribution < -0.4 is 10.1 Å². The van der Waals surface area contributed by atoms with Crippen LogP contribution in [0, 0.1) is 0 Å². The zero-order valence-electron chi connectivity index (χ0n) is 12.3. The number of benzene rings is 1. The fourth-order valence-corrected chi connectivity index (χ4v) is 2.01. The van der Waals surface area contributed by atoms with Crippen LogP contribution >= 0.6 is 0 Å². The molecule has 2 rings (SSSR count). The average molecular weight is 276 g/mol. The summed E-state index contributed by atoms with van der Waals surface area (Å²) in [4.78, 5) is 2.11. The van der Waals surface area contributed by atoms with Crippen LogP contribution in [0.5, 0.6) is 5.75 Å². The van der Waals surface area contributed by atoms with Gasteiger partial charge in [0.05, 0.1) is 12.8 Å². The highest BCUT2D eigenvalue weighted by atomic mass is 16.5. The summed E-state index contributed by atoms with van der Waals surface area (Å²) in [6, 6.07) is 8.08. The number of hydrogen-bond donors (Lipinski definition) is 1. The van der Waals surface area contributed by atoms with E-state index in [0.29, 0.717) is 6.61 Å². The van der Waals surface area contributed by atoms with E-state index in [1.54, 1.807) is 6.26 Å². The molecule has 4 heteroatoms.